The van der Waals surface area contributed by atoms with E-state index in [9.17, 15) is 0 Å². The molecular formula is C11H15N5. The summed E-state index contributed by atoms with van der Waals surface area (Å²) in [7, 11) is 0. The van der Waals surface area contributed by atoms with Gasteiger partial charge in [-0.15, -0.1) is 0 Å². The van der Waals surface area contributed by atoms with E-state index in [1.54, 1.807) is 24.7 Å². The van der Waals surface area contributed by atoms with Gasteiger partial charge in [-0.2, -0.15) is 0 Å². The molecular weight excluding hydrogens is 202 g/mol. The first-order valence-corrected chi connectivity index (χ1v) is 5.30. The second kappa shape index (κ2) is 4.85. The molecule has 84 valence electrons. The quantitative estimate of drug-likeness (QED) is 0.811. The number of nitrogens with zero attached hydrogens (tertiary/aromatic N) is 3. The molecule has 2 aromatic rings. The molecule has 0 amide bonds. The lowest BCUT2D eigenvalue weighted by molar-refractivity contribution is 0.583. The molecule has 5 heteroatoms. The van der Waals surface area contributed by atoms with Crippen LogP contribution in [0.5, 0.6) is 0 Å². The van der Waals surface area contributed by atoms with Gasteiger partial charge in [0.15, 0.2) is 11.6 Å². The average molecular weight is 217 g/mol. The summed E-state index contributed by atoms with van der Waals surface area (Å²) in [5.41, 5.74) is 1.04. The molecule has 5 nitrogen and oxygen atoms in total. The smallest absolute Gasteiger partial charge is 0.195 e. The molecule has 0 unspecified atom stereocenters. The lowest BCUT2D eigenvalue weighted by Crippen LogP contribution is -2.21. The number of hydrogen-bond acceptors (Lipinski definition) is 4. The Morgan fingerprint density at radius 3 is 2.69 bits per heavy atom. The van der Waals surface area contributed by atoms with Gasteiger partial charge in [0.1, 0.15) is 0 Å². The molecule has 2 N–H and O–H groups in total. The molecule has 2 aromatic heterocycles. The van der Waals surface area contributed by atoms with Crippen LogP contribution in [0.2, 0.25) is 0 Å². The van der Waals surface area contributed by atoms with Gasteiger partial charge < -0.3 is 10.3 Å². The fourth-order valence-electron chi connectivity index (χ4n) is 1.30. The molecule has 0 fully saturated rings. The summed E-state index contributed by atoms with van der Waals surface area (Å²) in [6, 6.07) is 2.24. The number of aromatic nitrogens is 4. The van der Waals surface area contributed by atoms with E-state index in [1.807, 2.05) is 0 Å². The number of H-pyrrole nitrogens is 1. The Bertz CT molecular complexity index is 435. The zero-order chi connectivity index (χ0) is 11.4. The van der Waals surface area contributed by atoms with E-state index < -0.39 is 0 Å². The van der Waals surface area contributed by atoms with Crippen molar-refractivity contribution >= 4 is 0 Å². The van der Waals surface area contributed by atoms with Crippen LogP contribution < -0.4 is 5.32 Å². The maximum absolute atomic E-state index is 4.24. The number of aromatic amines is 1. The van der Waals surface area contributed by atoms with Gasteiger partial charge in [-0.3, -0.25) is 0 Å². The fraction of sp³-hybridized carbons (Fsp3) is 0.364. The molecule has 0 aliphatic rings. The maximum atomic E-state index is 4.24. The first kappa shape index (κ1) is 10.8. The van der Waals surface area contributed by atoms with Crippen LogP contribution in [-0.4, -0.2) is 26.0 Å². The lowest BCUT2D eigenvalue weighted by atomic mass is 10.3. The van der Waals surface area contributed by atoms with Crippen LogP contribution >= 0.6 is 0 Å². The third-order valence-electron chi connectivity index (χ3n) is 2.11. The SMILES string of the molecule is CC(C)NCc1cnc(-c2ncccn2)[nH]1. The van der Waals surface area contributed by atoms with Crippen LogP contribution in [0.1, 0.15) is 19.5 Å². The molecule has 0 spiro atoms. The second-order valence-electron chi connectivity index (χ2n) is 3.87. The molecule has 0 bridgehead atoms. The fourth-order valence-corrected chi connectivity index (χ4v) is 1.30. The van der Waals surface area contributed by atoms with Crippen LogP contribution in [0, 0.1) is 0 Å². The molecule has 0 atom stereocenters. The molecule has 0 aliphatic heterocycles. The van der Waals surface area contributed by atoms with Crippen LogP contribution in [0.15, 0.2) is 24.7 Å². The summed E-state index contributed by atoms with van der Waals surface area (Å²) in [5, 5.41) is 3.31. The predicted octanol–water partition coefficient (Wildman–Crippen LogP) is 1.36. The minimum absolute atomic E-state index is 0.458. The van der Waals surface area contributed by atoms with E-state index in [0.29, 0.717) is 17.7 Å². The van der Waals surface area contributed by atoms with Crippen molar-refractivity contribution in [3.8, 4) is 11.6 Å². The van der Waals surface area contributed by atoms with Gasteiger partial charge in [0.25, 0.3) is 0 Å². The number of imidazole rings is 1. The van der Waals surface area contributed by atoms with Crippen molar-refractivity contribution in [3.63, 3.8) is 0 Å². The molecule has 2 heterocycles. The number of rotatable bonds is 4. The molecule has 0 aromatic carbocycles. The minimum Gasteiger partial charge on any atom is -0.338 e. The second-order valence-corrected chi connectivity index (χ2v) is 3.87. The summed E-state index contributed by atoms with van der Waals surface area (Å²) in [5.74, 6) is 1.33. The molecule has 0 saturated heterocycles. The van der Waals surface area contributed by atoms with E-state index in [4.69, 9.17) is 0 Å². The average Bonchev–Trinajstić information content (AvgIpc) is 2.76. The highest BCUT2D eigenvalue weighted by Gasteiger charge is 2.05. The summed E-state index contributed by atoms with van der Waals surface area (Å²) in [4.78, 5) is 15.7. The van der Waals surface area contributed by atoms with Crippen molar-refractivity contribution in [2.45, 2.75) is 26.4 Å². The summed E-state index contributed by atoms with van der Waals surface area (Å²) in [6.07, 6.45) is 5.22. The number of nitrogens with one attached hydrogen (secondary N) is 2. The van der Waals surface area contributed by atoms with Crippen LogP contribution in [-0.2, 0) is 6.54 Å². The Labute approximate surface area is 94.4 Å². The highest BCUT2D eigenvalue weighted by Crippen LogP contribution is 2.08. The third-order valence-corrected chi connectivity index (χ3v) is 2.11. The Morgan fingerprint density at radius 2 is 2.00 bits per heavy atom. The Balaban J connectivity index is 2.08. The van der Waals surface area contributed by atoms with Crippen molar-refractivity contribution in [1.29, 1.82) is 0 Å². The topological polar surface area (TPSA) is 66.5 Å². The summed E-state index contributed by atoms with van der Waals surface area (Å²) >= 11 is 0. The van der Waals surface area contributed by atoms with Crippen molar-refractivity contribution in [2.75, 3.05) is 0 Å². The van der Waals surface area contributed by atoms with Gasteiger partial charge in [0, 0.05) is 30.7 Å². The van der Waals surface area contributed by atoms with Crippen LogP contribution in [0.25, 0.3) is 11.6 Å². The zero-order valence-corrected chi connectivity index (χ0v) is 9.44. The van der Waals surface area contributed by atoms with E-state index in [-0.39, 0.29) is 0 Å². The maximum Gasteiger partial charge on any atom is 0.195 e. The predicted molar refractivity (Wildman–Crippen MR) is 61.6 cm³/mol. The number of hydrogen-bond donors (Lipinski definition) is 2. The zero-order valence-electron chi connectivity index (χ0n) is 9.44. The monoisotopic (exact) mass is 217 g/mol. The summed E-state index contributed by atoms with van der Waals surface area (Å²) in [6.45, 7) is 4.99. The molecule has 2 rings (SSSR count). The van der Waals surface area contributed by atoms with Crippen molar-refractivity contribution < 1.29 is 0 Å². The molecule has 16 heavy (non-hydrogen) atoms. The first-order valence-electron chi connectivity index (χ1n) is 5.30. The van der Waals surface area contributed by atoms with Gasteiger partial charge in [0.05, 0.1) is 6.20 Å². The van der Waals surface area contributed by atoms with E-state index in [0.717, 1.165) is 12.2 Å². The lowest BCUT2D eigenvalue weighted by Gasteiger charge is -2.05. The standard InChI is InChI=1S/C11H15N5/c1-8(2)14-6-9-7-15-11(16-9)10-12-4-3-5-13-10/h3-5,7-8,14H,6H2,1-2H3,(H,15,16). The first-order chi connectivity index (χ1) is 7.75. The van der Waals surface area contributed by atoms with Gasteiger partial charge >= 0.3 is 0 Å². The Morgan fingerprint density at radius 1 is 1.25 bits per heavy atom. The molecule has 0 saturated carbocycles. The summed E-state index contributed by atoms with van der Waals surface area (Å²) < 4.78 is 0. The Hall–Kier alpha value is -1.75. The van der Waals surface area contributed by atoms with E-state index >= 15 is 0 Å². The van der Waals surface area contributed by atoms with E-state index in [1.165, 1.54) is 0 Å². The highest BCUT2D eigenvalue weighted by atomic mass is 15.0. The molecule has 0 aliphatic carbocycles. The van der Waals surface area contributed by atoms with Gasteiger partial charge in [-0.25, -0.2) is 15.0 Å². The largest absolute Gasteiger partial charge is 0.338 e. The van der Waals surface area contributed by atoms with Crippen molar-refractivity contribution in [2.24, 2.45) is 0 Å². The van der Waals surface area contributed by atoms with Gasteiger partial charge in [-0.1, -0.05) is 13.8 Å². The van der Waals surface area contributed by atoms with Gasteiger partial charge in [0.2, 0.25) is 0 Å². The third kappa shape index (κ3) is 2.64. The normalized spacial score (nSPS) is 10.9. The van der Waals surface area contributed by atoms with Crippen LogP contribution in [0.3, 0.4) is 0 Å². The molecule has 0 radical (unpaired) electrons. The van der Waals surface area contributed by atoms with Gasteiger partial charge in [-0.05, 0) is 6.07 Å². The van der Waals surface area contributed by atoms with E-state index in [2.05, 4.69) is 39.1 Å². The Kier molecular flexibility index (Phi) is 3.26. The van der Waals surface area contributed by atoms with Crippen LogP contribution in [0.4, 0.5) is 0 Å². The van der Waals surface area contributed by atoms with Crippen molar-refractivity contribution in [1.82, 2.24) is 25.3 Å². The minimum atomic E-state index is 0.458. The van der Waals surface area contributed by atoms with Crippen molar-refractivity contribution in [3.05, 3.63) is 30.4 Å². The highest BCUT2D eigenvalue weighted by molar-refractivity contribution is 5.42.